The van der Waals surface area contributed by atoms with Crippen molar-refractivity contribution in [3.8, 4) is 0 Å². The second-order valence-electron chi connectivity index (χ2n) is 4.71. The first-order valence-corrected chi connectivity index (χ1v) is 7.14. The molecule has 6 nitrogen and oxygen atoms in total. The second-order valence-corrected chi connectivity index (χ2v) is 5.46. The first-order valence-electron chi connectivity index (χ1n) is 6.37. The van der Waals surface area contributed by atoms with Gasteiger partial charge in [0.25, 0.3) is 5.69 Å². The maximum Gasteiger partial charge on any atom is 0.269 e. The van der Waals surface area contributed by atoms with Gasteiger partial charge in [0, 0.05) is 36.1 Å². The third-order valence-electron chi connectivity index (χ3n) is 2.80. The smallest absolute Gasteiger partial charge is 0.269 e. The quantitative estimate of drug-likeness (QED) is 0.653. The lowest BCUT2D eigenvalue weighted by atomic mass is 10.1. The molecule has 7 heteroatoms. The van der Waals surface area contributed by atoms with E-state index in [0.717, 1.165) is 29.5 Å². The number of nitro groups is 1. The molecule has 0 radical (unpaired) electrons. The van der Waals surface area contributed by atoms with E-state index in [1.54, 1.807) is 12.1 Å². The van der Waals surface area contributed by atoms with E-state index < -0.39 is 4.92 Å². The second kappa shape index (κ2) is 6.42. The van der Waals surface area contributed by atoms with Gasteiger partial charge in [-0.15, -0.1) is 0 Å². The van der Waals surface area contributed by atoms with Crippen molar-refractivity contribution in [1.82, 2.24) is 9.36 Å². The number of non-ortho nitro benzene ring substituents is 1. The molecule has 0 saturated carbocycles. The molecular formula is C13H16N4O2S. The maximum absolute atomic E-state index is 10.5. The summed E-state index contributed by atoms with van der Waals surface area (Å²) >= 11 is 1.36. The van der Waals surface area contributed by atoms with Gasteiger partial charge in [-0.05, 0) is 12.0 Å². The Morgan fingerprint density at radius 1 is 1.35 bits per heavy atom. The molecule has 0 saturated heterocycles. The van der Waals surface area contributed by atoms with Crippen molar-refractivity contribution in [2.45, 2.75) is 26.2 Å². The number of anilines is 1. The first-order chi connectivity index (χ1) is 9.56. The van der Waals surface area contributed by atoms with Gasteiger partial charge in [0.2, 0.25) is 5.13 Å². The molecule has 0 amide bonds. The van der Waals surface area contributed by atoms with E-state index in [4.69, 9.17) is 0 Å². The summed E-state index contributed by atoms with van der Waals surface area (Å²) in [5.74, 6) is 1.18. The van der Waals surface area contributed by atoms with Gasteiger partial charge < -0.3 is 5.32 Å². The Labute approximate surface area is 121 Å². The maximum atomic E-state index is 10.5. The molecule has 0 aliphatic carbocycles. The summed E-state index contributed by atoms with van der Waals surface area (Å²) in [6.45, 7) is 4.84. The Hall–Kier alpha value is -2.02. The molecule has 0 atom stereocenters. The fourth-order valence-corrected chi connectivity index (χ4v) is 2.37. The molecule has 0 unspecified atom stereocenters. The van der Waals surface area contributed by atoms with Crippen LogP contribution in [-0.4, -0.2) is 20.8 Å². The normalized spacial score (nSPS) is 10.8. The standard InChI is InChI=1S/C13H16N4O2S/c1-9(2)12-15-13(20-16-12)14-8-7-10-3-5-11(6-4-10)17(18)19/h3-6,9H,7-8H2,1-2H3,(H,14,15,16). The zero-order valence-electron chi connectivity index (χ0n) is 11.4. The SMILES string of the molecule is CC(C)c1nsc(NCCc2ccc([N+](=O)[O-])cc2)n1. The van der Waals surface area contributed by atoms with Crippen molar-refractivity contribution >= 4 is 22.4 Å². The van der Waals surface area contributed by atoms with Gasteiger partial charge in [0.15, 0.2) is 0 Å². The summed E-state index contributed by atoms with van der Waals surface area (Å²) in [6.07, 6.45) is 0.786. The highest BCUT2D eigenvalue weighted by atomic mass is 32.1. The lowest BCUT2D eigenvalue weighted by Crippen LogP contribution is -2.04. The van der Waals surface area contributed by atoms with Crippen LogP contribution in [0.15, 0.2) is 24.3 Å². The molecule has 2 aromatic rings. The number of benzene rings is 1. The number of rotatable bonds is 6. The molecule has 1 heterocycles. The summed E-state index contributed by atoms with van der Waals surface area (Å²) in [5, 5.41) is 14.6. The van der Waals surface area contributed by atoms with Crippen molar-refractivity contribution in [1.29, 1.82) is 0 Å². The molecule has 1 N–H and O–H groups in total. The van der Waals surface area contributed by atoms with E-state index >= 15 is 0 Å². The molecule has 1 aromatic heterocycles. The van der Waals surface area contributed by atoms with Crippen LogP contribution in [0.3, 0.4) is 0 Å². The lowest BCUT2D eigenvalue weighted by molar-refractivity contribution is -0.384. The fraction of sp³-hybridized carbons (Fsp3) is 0.385. The van der Waals surface area contributed by atoms with Crippen molar-refractivity contribution in [2.75, 3.05) is 11.9 Å². The third kappa shape index (κ3) is 3.74. The highest BCUT2D eigenvalue weighted by molar-refractivity contribution is 7.09. The molecule has 0 spiro atoms. The van der Waals surface area contributed by atoms with E-state index in [0.29, 0.717) is 5.92 Å². The highest BCUT2D eigenvalue weighted by Gasteiger charge is 2.07. The van der Waals surface area contributed by atoms with Crippen LogP contribution in [0.4, 0.5) is 10.8 Å². The molecule has 20 heavy (non-hydrogen) atoms. The van der Waals surface area contributed by atoms with E-state index in [2.05, 4.69) is 28.5 Å². The Morgan fingerprint density at radius 2 is 2.05 bits per heavy atom. The fourth-order valence-electron chi connectivity index (χ4n) is 1.64. The lowest BCUT2D eigenvalue weighted by Gasteiger charge is -2.02. The van der Waals surface area contributed by atoms with Crippen molar-refractivity contribution < 1.29 is 4.92 Å². The van der Waals surface area contributed by atoms with Gasteiger partial charge in [-0.1, -0.05) is 26.0 Å². The number of nitrogens with zero attached hydrogens (tertiary/aromatic N) is 3. The van der Waals surface area contributed by atoms with E-state index in [1.807, 2.05) is 0 Å². The minimum Gasteiger partial charge on any atom is -0.360 e. The molecule has 0 fully saturated rings. The largest absolute Gasteiger partial charge is 0.360 e. The number of hydrogen-bond donors (Lipinski definition) is 1. The van der Waals surface area contributed by atoms with Crippen LogP contribution in [0.25, 0.3) is 0 Å². The molecule has 106 valence electrons. The molecule has 2 rings (SSSR count). The zero-order chi connectivity index (χ0) is 14.5. The zero-order valence-corrected chi connectivity index (χ0v) is 12.2. The number of aromatic nitrogens is 2. The van der Waals surface area contributed by atoms with Crippen molar-refractivity contribution in [2.24, 2.45) is 0 Å². The Kier molecular flexibility index (Phi) is 4.62. The molecule has 1 aromatic carbocycles. The summed E-state index contributed by atoms with van der Waals surface area (Å²) in [4.78, 5) is 14.5. The minimum atomic E-state index is -0.392. The van der Waals surface area contributed by atoms with Crippen molar-refractivity contribution in [3.05, 3.63) is 45.8 Å². The number of nitrogens with one attached hydrogen (secondary N) is 1. The minimum absolute atomic E-state index is 0.118. The number of nitro benzene ring substituents is 1. The predicted octanol–water partition coefficient (Wildman–Crippen LogP) is 3.22. The van der Waals surface area contributed by atoms with Crippen LogP contribution >= 0.6 is 11.5 Å². The van der Waals surface area contributed by atoms with Crippen LogP contribution in [0.1, 0.15) is 31.2 Å². The van der Waals surface area contributed by atoms with Gasteiger partial charge in [0.1, 0.15) is 5.82 Å². The van der Waals surface area contributed by atoms with E-state index in [-0.39, 0.29) is 5.69 Å². The molecular weight excluding hydrogens is 276 g/mol. The number of hydrogen-bond acceptors (Lipinski definition) is 6. The monoisotopic (exact) mass is 292 g/mol. The average molecular weight is 292 g/mol. The topological polar surface area (TPSA) is 81.0 Å². The van der Waals surface area contributed by atoms with Crippen LogP contribution < -0.4 is 5.32 Å². The summed E-state index contributed by atoms with van der Waals surface area (Å²) in [5.41, 5.74) is 1.17. The molecule has 0 aliphatic rings. The van der Waals surface area contributed by atoms with Gasteiger partial charge >= 0.3 is 0 Å². The predicted molar refractivity (Wildman–Crippen MR) is 79.3 cm³/mol. The Bertz CT molecular complexity index is 580. The van der Waals surface area contributed by atoms with Crippen LogP contribution in [0.2, 0.25) is 0 Å². The summed E-state index contributed by atoms with van der Waals surface area (Å²) in [7, 11) is 0. The average Bonchev–Trinajstić information content (AvgIpc) is 2.88. The summed E-state index contributed by atoms with van der Waals surface area (Å²) in [6, 6.07) is 6.60. The van der Waals surface area contributed by atoms with Gasteiger partial charge in [-0.3, -0.25) is 10.1 Å². The van der Waals surface area contributed by atoms with Crippen molar-refractivity contribution in [3.63, 3.8) is 0 Å². The third-order valence-corrected chi connectivity index (χ3v) is 3.48. The van der Waals surface area contributed by atoms with Crippen LogP contribution in [0.5, 0.6) is 0 Å². The first kappa shape index (κ1) is 14.4. The van der Waals surface area contributed by atoms with Crippen LogP contribution in [-0.2, 0) is 6.42 Å². The summed E-state index contributed by atoms with van der Waals surface area (Å²) < 4.78 is 4.27. The van der Waals surface area contributed by atoms with E-state index in [1.165, 1.54) is 23.7 Å². The molecule has 0 bridgehead atoms. The molecule has 0 aliphatic heterocycles. The van der Waals surface area contributed by atoms with Crippen LogP contribution in [0, 0.1) is 10.1 Å². The Balaban J connectivity index is 1.84. The van der Waals surface area contributed by atoms with Gasteiger partial charge in [-0.25, -0.2) is 4.98 Å². The Morgan fingerprint density at radius 3 is 2.60 bits per heavy atom. The van der Waals surface area contributed by atoms with E-state index in [9.17, 15) is 10.1 Å². The highest BCUT2D eigenvalue weighted by Crippen LogP contribution is 2.17. The van der Waals surface area contributed by atoms with Gasteiger partial charge in [-0.2, -0.15) is 4.37 Å². The van der Waals surface area contributed by atoms with Gasteiger partial charge in [0.05, 0.1) is 4.92 Å².